The standard InChI is InChI=1S/C11H12Cl2O2/c1-15-9-5-8(12)4-7(10(9)13)6-11(14)2-3-11/h4-5,14H,2-3,6H2,1H3. The molecule has 1 fully saturated rings. The molecule has 0 amide bonds. The molecule has 0 saturated heterocycles. The van der Waals surface area contributed by atoms with E-state index in [4.69, 9.17) is 27.9 Å². The second kappa shape index (κ2) is 3.85. The first-order valence-electron chi connectivity index (χ1n) is 4.78. The molecule has 82 valence electrons. The van der Waals surface area contributed by atoms with E-state index < -0.39 is 5.60 Å². The van der Waals surface area contributed by atoms with Crippen LogP contribution in [0.2, 0.25) is 10.0 Å². The van der Waals surface area contributed by atoms with Gasteiger partial charge >= 0.3 is 0 Å². The summed E-state index contributed by atoms with van der Waals surface area (Å²) in [6.07, 6.45) is 2.21. The van der Waals surface area contributed by atoms with Crippen molar-refractivity contribution in [2.24, 2.45) is 0 Å². The van der Waals surface area contributed by atoms with Crippen molar-refractivity contribution >= 4 is 23.2 Å². The molecule has 1 aromatic rings. The van der Waals surface area contributed by atoms with Crippen molar-refractivity contribution in [2.75, 3.05) is 7.11 Å². The second-order valence-electron chi connectivity index (χ2n) is 3.98. The Bertz CT molecular complexity index is 386. The number of methoxy groups -OCH3 is 1. The zero-order chi connectivity index (χ0) is 11.1. The van der Waals surface area contributed by atoms with Crippen LogP contribution in [0.15, 0.2) is 12.1 Å². The summed E-state index contributed by atoms with van der Waals surface area (Å²) in [7, 11) is 1.55. The predicted octanol–water partition coefficient (Wildman–Crippen LogP) is 3.07. The van der Waals surface area contributed by atoms with Gasteiger partial charge in [-0.05, 0) is 24.5 Å². The van der Waals surface area contributed by atoms with E-state index in [0.717, 1.165) is 18.4 Å². The Morgan fingerprint density at radius 3 is 2.60 bits per heavy atom. The summed E-state index contributed by atoms with van der Waals surface area (Å²) in [6.45, 7) is 0. The number of aliphatic hydroxyl groups is 1. The molecule has 15 heavy (non-hydrogen) atoms. The zero-order valence-corrected chi connectivity index (χ0v) is 9.90. The third-order valence-electron chi connectivity index (χ3n) is 2.65. The Balaban J connectivity index is 2.32. The summed E-state index contributed by atoms with van der Waals surface area (Å²) in [5.74, 6) is 0.559. The monoisotopic (exact) mass is 246 g/mol. The van der Waals surface area contributed by atoms with Gasteiger partial charge in [0.25, 0.3) is 0 Å². The van der Waals surface area contributed by atoms with Crippen LogP contribution in [0.25, 0.3) is 0 Å². The molecular formula is C11H12Cl2O2. The SMILES string of the molecule is COc1cc(Cl)cc(CC2(O)CC2)c1Cl. The highest BCUT2D eigenvalue weighted by molar-refractivity contribution is 6.34. The minimum Gasteiger partial charge on any atom is -0.495 e. The van der Waals surface area contributed by atoms with Crippen molar-refractivity contribution in [3.05, 3.63) is 27.7 Å². The average molecular weight is 247 g/mol. The van der Waals surface area contributed by atoms with Crippen LogP contribution in [0, 0.1) is 0 Å². The van der Waals surface area contributed by atoms with Gasteiger partial charge in [0.05, 0.1) is 17.7 Å². The number of benzene rings is 1. The predicted molar refractivity (Wildman–Crippen MR) is 60.9 cm³/mol. The molecule has 0 aliphatic heterocycles. The fourth-order valence-corrected chi connectivity index (χ4v) is 2.05. The van der Waals surface area contributed by atoms with Gasteiger partial charge in [0.1, 0.15) is 5.75 Å². The highest BCUT2D eigenvalue weighted by Crippen LogP contribution is 2.42. The van der Waals surface area contributed by atoms with E-state index in [1.165, 1.54) is 0 Å². The van der Waals surface area contributed by atoms with E-state index in [1.54, 1.807) is 19.2 Å². The maximum atomic E-state index is 9.82. The highest BCUT2D eigenvalue weighted by atomic mass is 35.5. The van der Waals surface area contributed by atoms with Gasteiger partial charge in [-0.1, -0.05) is 23.2 Å². The summed E-state index contributed by atoms with van der Waals surface area (Å²) in [6, 6.07) is 3.45. The second-order valence-corrected chi connectivity index (χ2v) is 4.80. The molecule has 1 aromatic carbocycles. The molecule has 0 bridgehead atoms. The van der Waals surface area contributed by atoms with Crippen LogP contribution in [0.4, 0.5) is 0 Å². The third kappa shape index (κ3) is 2.39. The van der Waals surface area contributed by atoms with Crippen molar-refractivity contribution < 1.29 is 9.84 Å². The minimum absolute atomic E-state index is 0.544. The number of rotatable bonds is 3. The Labute approximate surface area is 98.8 Å². The molecule has 1 aliphatic rings. The molecule has 1 aliphatic carbocycles. The molecule has 0 aromatic heterocycles. The lowest BCUT2D eigenvalue weighted by Gasteiger charge is -2.12. The van der Waals surface area contributed by atoms with Gasteiger partial charge in [-0.3, -0.25) is 0 Å². The fourth-order valence-electron chi connectivity index (χ4n) is 1.57. The van der Waals surface area contributed by atoms with Crippen LogP contribution in [0.3, 0.4) is 0 Å². The Morgan fingerprint density at radius 1 is 1.40 bits per heavy atom. The molecule has 0 radical (unpaired) electrons. The van der Waals surface area contributed by atoms with Crippen molar-refractivity contribution in [1.82, 2.24) is 0 Å². The molecular weight excluding hydrogens is 235 g/mol. The zero-order valence-electron chi connectivity index (χ0n) is 8.39. The lowest BCUT2D eigenvalue weighted by molar-refractivity contribution is 0.151. The Morgan fingerprint density at radius 2 is 2.07 bits per heavy atom. The summed E-state index contributed by atoms with van der Waals surface area (Å²) in [5, 5.41) is 10.9. The molecule has 0 heterocycles. The Kier molecular flexibility index (Phi) is 2.84. The minimum atomic E-state index is -0.570. The lowest BCUT2D eigenvalue weighted by atomic mass is 10.1. The quantitative estimate of drug-likeness (QED) is 0.889. The molecule has 1 saturated carbocycles. The van der Waals surface area contributed by atoms with E-state index in [0.29, 0.717) is 22.2 Å². The maximum absolute atomic E-state index is 9.82. The number of halogens is 2. The summed E-state index contributed by atoms with van der Waals surface area (Å²) < 4.78 is 5.10. The normalized spacial score (nSPS) is 17.6. The fraction of sp³-hybridized carbons (Fsp3) is 0.455. The van der Waals surface area contributed by atoms with Crippen LogP contribution in [0.1, 0.15) is 18.4 Å². The van der Waals surface area contributed by atoms with E-state index in [-0.39, 0.29) is 0 Å². The van der Waals surface area contributed by atoms with Crippen molar-refractivity contribution in [3.63, 3.8) is 0 Å². The first-order valence-corrected chi connectivity index (χ1v) is 5.54. The molecule has 0 atom stereocenters. The first-order chi connectivity index (χ1) is 7.04. The van der Waals surface area contributed by atoms with Gasteiger partial charge in [0.2, 0.25) is 0 Å². The number of ether oxygens (including phenoxy) is 1. The number of hydrogen-bond donors (Lipinski definition) is 1. The number of hydrogen-bond acceptors (Lipinski definition) is 2. The van der Waals surface area contributed by atoms with Gasteiger partial charge in [0, 0.05) is 17.5 Å². The molecule has 4 heteroatoms. The van der Waals surface area contributed by atoms with E-state index in [1.807, 2.05) is 0 Å². The topological polar surface area (TPSA) is 29.5 Å². The first kappa shape index (κ1) is 11.1. The van der Waals surface area contributed by atoms with Crippen molar-refractivity contribution in [2.45, 2.75) is 24.9 Å². The molecule has 2 rings (SSSR count). The summed E-state index contributed by atoms with van der Waals surface area (Å²) in [4.78, 5) is 0. The van der Waals surface area contributed by atoms with E-state index in [2.05, 4.69) is 0 Å². The van der Waals surface area contributed by atoms with Gasteiger partial charge in [-0.2, -0.15) is 0 Å². The van der Waals surface area contributed by atoms with Crippen LogP contribution < -0.4 is 4.74 Å². The summed E-state index contributed by atoms with van der Waals surface area (Å²) in [5.41, 5.74) is 0.278. The van der Waals surface area contributed by atoms with Gasteiger partial charge < -0.3 is 9.84 Å². The molecule has 0 unspecified atom stereocenters. The Hall–Kier alpha value is -0.440. The van der Waals surface area contributed by atoms with Gasteiger partial charge in [-0.15, -0.1) is 0 Å². The third-order valence-corrected chi connectivity index (χ3v) is 3.29. The lowest BCUT2D eigenvalue weighted by Crippen LogP contribution is -2.11. The molecule has 0 spiro atoms. The van der Waals surface area contributed by atoms with Crippen LogP contribution in [0.5, 0.6) is 5.75 Å². The molecule has 2 nitrogen and oxygen atoms in total. The van der Waals surface area contributed by atoms with Gasteiger partial charge in [-0.25, -0.2) is 0 Å². The maximum Gasteiger partial charge on any atom is 0.139 e. The van der Waals surface area contributed by atoms with Crippen LogP contribution in [-0.2, 0) is 6.42 Å². The van der Waals surface area contributed by atoms with Gasteiger partial charge in [0.15, 0.2) is 0 Å². The smallest absolute Gasteiger partial charge is 0.139 e. The van der Waals surface area contributed by atoms with Crippen LogP contribution in [-0.4, -0.2) is 17.8 Å². The highest BCUT2D eigenvalue weighted by Gasteiger charge is 2.40. The largest absolute Gasteiger partial charge is 0.495 e. The van der Waals surface area contributed by atoms with Crippen molar-refractivity contribution in [1.29, 1.82) is 0 Å². The van der Waals surface area contributed by atoms with Crippen LogP contribution >= 0.6 is 23.2 Å². The summed E-state index contributed by atoms with van der Waals surface area (Å²) >= 11 is 12.0. The van der Waals surface area contributed by atoms with Crippen molar-refractivity contribution in [3.8, 4) is 5.75 Å². The van der Waals surface area contributed by atoms with E-state index in [9.17, 15) is 5.11 Å². The molecule has 1 N–H and O–H groups in total. The average Bonchev–Trinajstić information content (AvgIpc) is 2.89. The van der Waals surface area contributed by atoms with E-state index >= 15 is 0 Å².